The van der Waals surface area contributed by atoms with Gasteiger partial charge in [0.15, 0.2) is 5.82 Å². The van der Waals surface area contributed by atoms with Crippen molar-refractivity contribution in [3.8, 4) is 5.69 Å². The van der Waals surface area contributed by atoms with Crippen LogP contribution >= 0.6 is 7.60 Å². The Morgan fingerprint density at radius 1 is 1.12 bits per heavy atom. The lowest BCUT2D eigenvalue weighted by atomic mass is 9.92. The molecule has 0 bridgehead atoms. The summed E-state index contributed by atoms with van der Waals surface area (Å²) in [5, 5.41) is 9.22. The van der Waals surface area contributed by atoms with Gasteiger partial charge in [-0.25, -0.2) is 4.39 Å². The van der Waals surface area contributed by atoms with Crippen molar-refractivity contribution >= 4 is 25.3 Å². The predicted molar refractivity (Wildman–Crippen MR) is 120 cm³/mol. The van der Waals surface area contributed by atoms with Crippen molar-refractivity contribution in [1.82, 2.24) is 14.8 Å². The Hall–Kier alpha value is -3.13. The molecule has 1 heterocycles. The predicted octanol–water partition coefficient (Wildman–Crippen LogP) is 4.25. The summed E-state index contributed by atoms with van der Waals surface area (Å²) >= 11 is 0. The van der Waals surface area contributed by atoms with E-state index in [-0.39, 0.29) is 18.7 Å². The summed E-state index contributed by atoms with van der Waals surface area (Å²) in [7, 11) is -4.38. The lowest BCUT2D eigenvalue weighted by molar-refractivity contribution is -0.111. The van der Waals surface area contributed by atoms with Crippen LogP contribution in [0.15, 0.2) is 60.9 Å². The molecule has 10 heteroatoms. The molecular weight excluding hydrogens is 434 g/mol. The fraction of sp³-hybridized carbons (Fsp3) is 0.227. The van der Waals surface area contributed by atoms with Gasteiger partial charge in [-0.3, -0.25) is 13.9 Å². The van der Waals surface area contributed by atoms with Crippen molar-refractivity contribution in [2.24, 2.45) is 0 Å². The third-order valence-corrected chi connectivity index (χ3v) is 7.49. The van der Waals surface area contributed by atoms with E-state index < -0.39 is 18.7 Å². The van der Waals surface area contributed by atoms with Gasteiger partial charge in [0.2, 0.25) is 5.91 Å². The molecule has 3 aromatic rings. The Bertz CT molecular complexity index is 1150. The zero-order chi connectivity index (χ0) is 23.4. The number of nitrogens with one attached hydrogen (secondary N) is 1. The zero-order valence-electron chi connectivity index (χ0n) is 17.6. The van der Waals surface area contributed by atoms with Gasteiger partial charge >= 0.3 is 7.60 Å². The van der Waals surface area contributed by atoms with Crippen LogP contribution < -0.4 is 5.32 Å². The Morgan fingerprint density at radius 2 is 1.75 bits per heavy atom. The molecule has 0 saturated carbocycles. The highest BCUT2D eigenvalue weighted by molar-refractivity contribution is 7.53. The van der Waals surface area contributed by atoms with E-state index in [1.54, 1.807) is 54.8 Å². The number of hydrogen-bond donors (Lipinski definition) is 3. The quantitative estimate of drug-likeness (QED) is 0.343. The molecule has 2 aromatic carbocycles. The van der Waals surface area contributed by atoms with Gasteiger partial charge < -0.3 is 15.1 Å². The maximum Gasteiger partial charge on any atom is 0.335 e. The topological polar surface area (TPSA) is 117 Å². The SMILES string of the molecule is CCC(CC)(c1ccc(NC(=O)/C=C/c2nncn2-c2ccc(F)cc2)cc1)P(=O)(O)O. The first-order valence-corrected chi connectivity index (χ1v) is 11.6. The average molecular weight is 458 g/mol. The van der Waals surface area contributed by atoms with Gasteiger partial charge in [-0.1, -0.05) is 26.0 Å². The summed E-state index contributed by atoms with van der Waals surface area (Å²) in [5.41, 5.74) is 1.65. The number of nitrogens with zero attached hydrogens (tertiary/aromatic N) is 3. The molecule has 168 valence electrons. The van der Waals surface area contributed by atoms with Crippen LogP contribution in [0.3, 0.4) is 0 Å². The third kappa shape index (κ3) is 4.85. The van der Waals surface area contributed by atoms with Crippen molar-refractivity contribution in [1.29, 1.82) is 0 Å². The highest BCUT2D eigenvalue weighted by atomic mass is 31.2. The van der Waals surface area contributed by atoms with Crippen LogP contribution in [-0.4, -0.2) is 30.5 Å². The monoisotopic (exact) mass is 458 g/mol. The number of amides is 1. The van der Waals surface area contributed by atoms with E-state index >= 15 is 0 Å². The van der Waals surface area contributed by atoms with Crippen LogP contribution in [0.5, 0.6) is 0 Å². The zero-order valence-corrected chi connectivity index (χ0v) is 18.5. The Labute approximate surface area is 185 Å². The van der Waals surface area contributed by atoms with Gasteiger partial charge in [0, 0.05) is 17.5 Å². The summed E-state index contributed by atoms with van der Waals surface area (Å²) in [4.78, 5) is 32.1. The maximum atomic E-state index is 13.1. The van der Waals surface area contributed by atoms with E-state index in [4.69, 9.17) is 0 Å². The number of aromatic nitrogens is 3. The number of carbonyl (C=O) groups is 1. The van der Waals surface area contributed by atoms with E-state index in [1.807, 2.05) is 0 Å². The normalized spacial score (nSPS) is 12.3. The Kier molecular flexibility index (Phi) is 7.03. The molecule has 0 aliphatic carbocycles. The van der Waals surface area contributed by atoms with E-state index in [0.29, 0.717) is 22.8 Å². The second-order valence-corrected chi connectivity index (χ2v) is 9.16. The fourth-order valence-corrected chi connectivity index (χ4v) is 4.90. The van der Waals surface area contributed by atoms with Gasteiger partial charge in [0.25, 0.3) is 0 Å². The number of anilines is 1. The number of benzene rings is 2. The van der Waals surface area contributed by atoms with Gasteiger partial charge in [-0.2, -0.15) is 0 Å². The molecule has 0 unspecified atom stereocenters. The highest BCUT2D eigenvalue weighted by Crippen LogP contribution is 2.60. The van der Waals surface area contributed by atoms with Crippen molar-refractivity contribution in [3.63, 3.8) is 0 Å². The maximum absolute atomic E-state index is 13.1. The van der Waals surface area contributed by atoms with Crippen LogP contribution in [-0.2, 0) is 14.5 Å². The van der Waals surface area contributed by atoms with Gasteiger partial charge in [-0.05, 0) is 60.9 Å². The fourth-order valence-electron chi connectivity index (χ4n) is 3.59. The first-order chi connectivity index (χ1) is 15.2. The molecule has 3 rings (SSSR count). The lowest BCUT2D eigenvalue weighted by Gasteiger charge is -2.33. The summed E-state index contributed by atoms with van der Waals surface area (Å²) in [5.74, 6) is -0.390. The minimum atomic E-state index is -4.38. The van der Waals surface area contributed by atoms with E-state index in [9.17, 15) is 23.5 Å². The molecule has 0 atom stereocenters. The van der Waals surface area contributed by atoms with Crippen LogP contribution in [0.25, 0.3) is 11.8 Å². The molecule has 32 heavy (non-hydrogen) atoms. The summed E-state index contributed by atoms with van der Waals surface area (Å²) in [6, 6.07) is 12.2. The molecule has 1 aromatic heterocycles. The Balaban J connectivity index is 1.73. The first-order valence-electron chi connectivity index (χ1n) is 10.0. The van der Waals surface area contributed by atoms with E-state index in [0.717, 1.165) is 0 Å². The van der Waals surface area contributed by atoms with Crippen LogP contribution in [0.4, 0.5) is 10.1 Å². The molecular formula is C22H24FN4O4P. The summed E-state index contributed by atoms with van der Waals surface area (Å²) in [6.07, 6.45) is 4.80. The first kappa shape index (κ1) is 23.5. The van der Waals surface area contributed by atoms with Crippen molar-refractivity contribution in [2.45, 2.75) is 31.8 Å². The second-order valence-electron chi connectivity index (χ2n) is 7.22. The van der Waals surface area contributed by atoms with E-state index in [2.05, 4.69) is 15.5 Å². The smallest absolute Gasteiger partial charge is 0.324 e. The minimum absolute atomic E-state index is 0.289. The Morgan fingerprint density at radius 3 is 2.31 bits per heavy atom. The molecule has 0 aliphatic rings. The largest absolute Gasteiger partial charge is 0.335 e. The van der Waals surface area contributed by atoms with Gasteiger partial charge in [0.05, 0.1) is 5.16 Å². The molecule has 0 radical (unpaired) electrons. The molecule has 0 spiro atoms. The minimum Gasteiger partial charge on any atom is -0.324 e. The van der Waals surface area contributed by atoms with Gasteiger partial charge in [0.1, 0.15) is 12.1 Å². The van der Waals surface area contributed by atoms with Crippen molar-refractivity contribution < 1.29 is 23.5 Å². The second kappa shape index (κ2) is 9.56. The van der Waals surface area contributed by atoms with Crippen molar-refractivity contribution in [2.75, 3.05) is 5.32 Å². The van der Waals surface area contributed by atoms with Crippen LogP contribution in [0.1, 0.15) is 38.1 Å². The molecule has 0 aliphatic heterocycles. The van der Waals surface area contributed by atoms with Crippen molar-refractivity contribution in [3.05, 3.63) is 78.1 Å². The number of halogens is 1. The molecule has 3 N–H and O–H groups in total. The lowest BCUT2D eigenvalue weighted by Crippen LogP contribution is -2.24. The number of hydrogen-bond acceptors (Lipinski definition) is 4. The van der Waals surface area contributed by atoms with Crippen LogP contribution in [0, 0.1) is 5.82 Å². The molecule has 0 saturated heterocycles. The summed E-state index contributed by atoms with van der Waals surface area (Å²) in [6.45, 7) is 3.49. The van der Waals surface area contributed by atoms with E-state index in [1.165, 1.54) is 30.6 Å². The van der Waals surface area contributed by atoms with Gasteiger partial charge in [-0.15, -0.1) is 10.2 Å². The average Bonchev–Trinajstić information content (AvgIpc) is 3.23. The molecule has 8 nitrogen and oxygen atoms in total. The number of rotatable bonds is 8. The summed E-state index contributed by atoms with van der Waals surface area (Å²) < 4.78 is 26.8. The van der Waals surface area contributed by atoms with Crippen LogP contribution in [0.2, 0.25) is 0 Å². The standard InChI is InChI=1S/C22H24FN4O4P/c1-3-22(4-2,32(29,30)31)16-5-9-18(10-6-16)25-21(28)14-13-20-26-24-15-27(20)19-11-7-17(23)8-12-19/h5-15H,3-4H2,1-2H3,(H,25,28)(H2,29,30,31)/b14-13+. The highest BCUT2D eigenvalue weighted by Gasteiger charge is 2.45. The third-order valence-electron chi connectivity index (χ3n) is 5.48. The molecule has 1 amide bonds. The molecule has 0 fully saturated rings. The number of carbonyl (C=O) groups excluding carboxylic acids is 1.